The Hall–Kier alpha value is -4.73. The van der Waals surface area contributed by atoms with Crippen molar-refractivity contribution in [2.24, 2.45) is 5.92 Å². The number of benzene rings is 4. The molecule has 0 radical (unpaired) electrons. The van der Waals surface area contributed by atoms with E-state index in [-0.39, 0.29) is 24.0 Å². The summed E-state index contributed by atoms with van der Waals surface area (Å²) < 4.78 is 2.36. The lowest BCUT2D eigenvalue weighted by Crippen LogP contribution is -2.31. The van der Waals surface area contributed by atoms with Gasteiger partial charge in [0.15, 0.2) is 0 Å². The Morgan fingerprint density at radius 1 is 0.767 bits per heavy atom. The molecule has 1 heterocycles. The van der Waals surface area contributed by atoms with Crippen LogP contribution in [-0.4, -0.2) is 16.6 Å². The van der Waals surface area contributed by atoms with Crippen molar-refractivity contribution in [3.8, 4) is 11.1 Å². The minimum Gasteiger partial charge on any atom is -0.345 e. The van der Waals surface area contributed by atoms with Crippen LogP contribution in [0.25, 0.3) is 22.0 Å². The maximum absolute atomic E-state index is 13.5. The first kappa shape index (κ1) is 31.2. The lowest BCUT2D eigenvalue weighted by molar-refractivity contribution is -0.191. The fourth-order valence-electron chi connectivity index (χ4n) is 5.58. The smallest absolute Gasteiger partial charge is 0.345 e. The zero-order valence-electron chi connectivity index (χ0n) is 25.8. The summed E-state index contributed by atoms with van der Waals surface area (Å²) in [5.74, 6) is 0.688. The molecule has 43 heavy (non-hydrogen) atoms. The molecule has 0 saturated heterocycles. The number of nitrogens with one attached hydrogen (secondary N) is 1. The minimum absolute atomic E-state index is 0.0307. The topological polar surface area (TPSA) is 68.2 Å². The Labute approximate surface area is 254 Å². The Morgan fingerprint density at radius 2 is 1.40 bits per heavy atom. The first-order valence-corrected chi connectivity index (χ1v) is 14.8. The van der Waals surface area contributed by atoms with Crippen molar-refractivity contribution in [3.05, 3.63) is 131 Å². The van der Waals surface area contributed by atoms with E-state index in [2.05, 4.69) is 136 Å². The van der Waals surface area contributed by atoms with Crippen molar-refractivity contribution >= 4 is 23.0 Å². The van der Waals surface area contributed by atoms with Gasteiger partial charge in [0.2, 0.25) is 0 Å². The summed E-state index contributed by atoms with van der Waals surface area (Å²) in [6.45, 7) is 13.8. The van der Waals surface area contributed by atoms with E-state index in [0.29, 0.717) is 11.5 Å². The number of fused-ring (bicyclic) bond motifs is 1. The summed E-state index contributed by atoms with van der Waals surface area (Å²) in [5.41, 5.74) is 10.5. The van der Waals surface area contributed by atoms with E-state index in [1.807, 2.05) is 12.1 Å². The molecule has 0 unspecified atom stereocenters. The van der Waals surface area contributed by atoms with Gasteiger partial charge in [-0.1, -0.05) is 107 Å². The van der Waals surface area contributed by atoms with E-state index in [1.165, 1.54) is 33.5 Å². The second-order valence-corrected chi connectivity index (χ2v) is 11.7. The monoisotopic (exact) mass is 572 g/mol. The van der Waals surface area contributed by atoms with Crippen LogP contribution in [-0.2, 0) is 16.1 Å². The number of rotatable bonds is 8. The van der Waals surface area contributed by atoms with Crippen LogP contribution in [0.15, 0.2) is 97.1 Å². The highest BCUT2D eigenvalue weighted by Gasteiger charge is 2.21. The first-order chi connectivity index (χ1) is 20.6. The van der Waals surface area contributed by atoms with Gasteiger partial charge in [-0.2, -0.15) is 9.59 Å². The molecular formula is C38H40N2O3. The third kappa shape index (κ3) is 7.20. The molecule has 5 aromatic rings. The van der Waals surface area contributed by atoms with E-state index >= 15 is 0 Å². The number of amides is 1. The minimum atomic E-state index is -0.0480. The number of aromatic nitrogens is 1. The quantitative estimate of drug-likeness (QED) is 0.202. The molecule has 0 saturated carbocycles. The van der Waals surface area contributed by atoms with Gasteiger partial charge in [-0.05, 0) is 77.3 Å². The zero-order valence-corrected chi connectivity index (χ0v) is 25.8. The van der Waals surface area contributed by atoms with Crippen molar-refractivity contribution in [1.29, 1.82) is 0 Å². The highest BCUT2D eigenvalue weighted by molar-refractivity contribution is 5.99. The fraction of sp³-hybridized carbons (Fsp3) is 0.263. The summed E-state index contributed by atoms with van der Waals surface area (Å²) in [6, 6.07) is 34.0. The predicted molar refractivity (Wildman–Crippen MR) is 173 cm³/mol. The predicted octanol–water partition coefficient (Wildman–Crippen LogP) is 8.64. The SMILES string of the molecule is Cc1c(C)n(Cc2ccc(-c3ccccc3)cc2)c2ccc(C(=O)N[C@@H](c3cccc(C(C)C)c3)C(C)C)cc12.O=C=O. The lowest BCUT2D eigenvalue weighted by atomic mass is 9.92. The highest BCUT2D eigenvalue weighted by atomic mass is 16.2. The summed E-state index contributed by atoms with van der Waals surface area (Å²) in [7, 11) is 0. The molecule has 1 aromatic heterocycles. The molecule has 1 atom stereocenters. The van der Waals surface area contributed by atoms with Crippen LogP contribution in [0.3, 0.4) is 0 Å². The molecule has 1 amide bonds. The molecule has 0 aliphatic heterocycles. The Kier molecular flexibility index (Phi) is 10.1. The molecule has 0 spiro atoms. The van der Waals surface area contributed by atoms with Crippen LogP contribution in [0, 0.1) is 19.8 Å². The largest absolute Gasteiger partial charge is 0.373 e. The standard InChI is InChI=1S/C37H40N2O.CO2/c1-24(2)31-13-10-14-32(21-31)36(25(3)4)38-37(40)33-19-20-35-34(22-33)26(5)27(6)39(35)23-28-15-17-30(18-16-28)29-11-8-7-9-12-29;2-1-3/h7-22,24-25,36H,23H2,1-6H3,(H,38,40);/t36-;/m1./s1. The molecule has 220 valence electrons. The van der Waals surface area contributed by atoms with Gasteiger partial charge in [0.1, 0.15) is 0 Å². The third-order valence-corrected chi connectivity index (χ3v) is 8.19. The second-order valence-electron chi connectivity index (χ2n) is 11.7. The molecule has 5 rings (SSSR count). The van der Waals surface area contributed by atoms with Gasteiger partial charge in [0.05, 0.1) is 6.04 Å². The van der Waals surface area contributed by atoms with Gasteiger partial charge in [0, 0.05) is 28.7 Å². The molecule has 5 heteroatoms. The summed E-state index contributed by atoms with van der Waals surface area (Å²) in [6.07, 6.45) is 0.250. The number of hydrogen-bond donors (Lipinski definition) is 1. The summed E-state index contributed by atoms with van der Waals surface area (Å²) >= 11 is 0. The second kappa shape index (κ2) is 14.0. The molecule has 5 nitrogen and oxygen atoms in total. The van der Waals surface area contributed by atoms with Gasteiger partial charge < -0.3 is 9.88 Å². The van der Waals surface area contributed by atoms with Gasteiger partial charge in [-0.25, -0.2) is 0 Å². The van der Waals surface area contributed by atoms with E-state index in [1.54, 1.807) is 0 Å². The van der Waals surface area contributed by atoms with E-state index in [0.717, 1.165) is 23.0 Å². The van der Waals surface area contributed by atoms with Crippen LogP contribution in [0.4, 0.5) is 0 Å². The maximum Gasteiger partial charge on any atom is 0.373 e. The Bertz CT molecular complexity index is 1730. The molecular weight excluding hydrogens is 532 g/mol. The molecule has 1 N–H and O–H groups in total. The van der Waals surface area contributed by atoms with Gasteiger partial charge in [-0.3, -0.25) is 4.79 Å². The normalized spacial score (nSPS) is 11.6. The average molecular weight is 573 g/mol. The summed E-state index contributed by atoms with van der Waals surface area (Å²) in [5, 5.41) is 4.47. The molecule has 0 aliphatic carbocycles. The molecule has 0 aliphatic rings. The maximum atomic E-state index is 13.5. The van der Waals surface area contributed by atoms with Crippen LogP contribution < -0.4 is 5.32 Å². The first-order valence-electron chi connectivity index (χ1n) is 14.8. The number of aryl methyl sites for hydroxylation is 1. The van der Waals surface area contributed by atoms with Gasteiger partial charge >= 0.3 is 6.15 Å². The van der Waals surface area contributed by atoms with Crippen LogP contribution in [0.5, 0.6) is 0 Å². The Balaban J connectivity index is 0.00000135. The fourth-order valence-corrected chi connectivity index (χ4v) is 5.58. The van der Waals surface area contributed by atoms with Crippen molar-refractivity contribution in [3.63, 3.8) is 0 Å². The molecule has 0 bridgehead atoms. The van der Waals surface area contributed by atoms with Crippen LogP contribution in [0.2, 0.25) is 0 Å². The van der Waals surface area contributed by atoms with Crippen molar-refractivity contribution in [2.75, 3.05) is 0 Å². The van der Waals surface area contributed by atoms with E-state index in [4.69, 9.17) is 9.59 Å². The summed E-state index contributed by atoms with van der Waals surface area (Å²) in [4.78, 5) is 29.8. The number of carbonyl (C=O) groups excluding carboxylic acids is 3. The van der Waals surface area contributed by atoms with E-state index in [9.17, 15) is 4.79 Å². The van der Waals surface area contributed by atoms with Crippen molar-refractivity contribution in [2.45, 2.75) is 60.0 Å². The van der Waals surface area contributed by atoms with Crippen LogP contribution >= 0.6 is 0 Å². The zero-order chi connectivity index (χ0) is 31.1. The van der Waals surface area contributed by atoms with Crippen molar-refractivity contribution in [1.82, 2.24) is 9.88 Å². The number of nitrogens with zero attached hydrogens (tertiary/aromatic N) is 1. The number of hydrogen-bond acceptors (Lipinski definition) is 3. The molecule has 0 fully saturated rings. The molecule has 4 aromatic carbocycles. The van der Waals surface area contributed by atoms with Crippen LogP contribution in [0.1, 0.15) is 78.0 Å². The number of carbonyl (C=O) groups is 1. The highest BCUT2D eigenvalue weighted by Crippen LogP contribution is 2.29. The van der Waals surface area contributed by atoms with Crippen molar-refractivity contribution < 1.29 is 14.4 Å². The van der Waals surface area contributed by atoms with Gasteiger partial charge in [0.25, 0.3) is 5.91 Å². The average Bonchev–Trinajstić information content (AvgIpc) is 3.25. The van der Waals surface area contributed by atoms with Gasteiger partial charge in [-0.15, -0.1) is 0 Å². The third-order valence-electron chi connectivity index (χ3n) is 8.19. The van der Waals surface area contributed by atoms with E-state index < -0.39 is 0 Å². The lowest BCUT2D eigenvalue weighted by Gasteiger charge is -2.24. The Morgan fingerprint density at radius 3 is 2.02 bits per heavy atom.